The number of hydrogen-bond donors (Lipinski definition) is 2. The van der Waals surface area contributed by atoms with E-state index in [9.17, 15) is 18.0 Å². The fourth-order valence-corrected chi connectivity index (χ4v) is 2.67. The lowest BCUT2D eigenvalue weighted by Gasteiger charge is -2.33. The molecule has 0 spiro atoms. The summed E-state index contributed by atoms with van der Waals surface area (Å²) < 4.78 is 41.1. The van der Waals surface area contributed by atoms with Gasteiger partial charge in [-0.1, -0.05) is 6.08 Å². The number of ether oxygens (including phenoxy) is 1. The molecule has 0 bridgehead atoms. The second-order valence-electron chi connectivity index (χ2n) is 6.42. The second kappa shape index (κ2) is 8.37. The molecule has 1 aliphatic heterocycles. The number of halogens is 3. The molecule has 1 heterocycles. The van der Waals surface area contributed by atoms with Crippen LogP contribution >= 0.6 is 0 Å². The lowest BCUT2D eigenvalue weighted by Crippen LogP contribution is -2.39. The van der Waals surface area contributed by atoms with E-state index in [2.05, 4.69) is 33.3 Å². The van der Waals surface area contributed by atoms with Crippen molar-refractivity contribution < 1.29 is 22.7 Å². The average Bonchev–Trinajstić information content (AvgIpc) is 2.61. The Balaban J connectivity index is 2.00. The van der Waals surface area contributed by atoms with Crippen LogP contribution in [-0.4, -0.2) is 49.8 Å². The Morgan fingerprint density at radius 3 is 2.48 bits per heavy atom. The maximum Gasteiger partial charge on any atom is 0.422 e. The number of amides is 1. The van der Waals surface area contributed by atoms with E-state index in [0.717, 1.165) is 11.4 Å². The number of hydrogen-bond acceptors (Lipinski definition) is 4. The number of rotatable bonds is 6. The van der Waals surface area contributed by atoms with Crippen molar-refractivity contribution in [1.29, 1.82) is 0 Å². The van der Waals surface area contributed by atoms with E-state index in [1.807, 2.05) is 27.1 Å². The summed E-state index contributed by atoms with van der Waals surface area (Å²) in [6.45, 7) is 2.57. The zero-order chi connectivity index (χ0) is 20.2. The number of likely N-dealkylation sites (N-methyl/N-ethyl adjacent to an activating group) is 1. The number of nitrogens with one attached hydrogen (secondary N) is 2. The molecule has 1 aromatic carbocycles. The molecule has 0 saturated carbocycles. The molecule has 2 atom stereocenters. The maximum atomic E-state index is 12.4. The van der Waals surface area contributed by atoms with Crippen molar-refractivity contribution >= 4 is 5.91 Å². The number of carbonyl (C=O) groups excluding carboxylic acids is 1. The van der Waals surface area contributed by atoms with Gasteiger partial charge in [-0.3, -0.25) is 4.79 Å². The van der Waals surface area contributed by atoms with Crippen LogP contribution in [0, 0.1) is 0 Å². The normalized spacial score (nSPS) is 18.3. The molecule has 2 N–H and O–H groups in total. The topological polar surface area (TPSA) is 53.6 Å². The standard InChI is InChI=1S/C19H24F3N3O2/c1-12-9-15(10-17(23-3)25(12)4)13(2)24-18(26)14-5-7-16(8-6-14)27-11-19(20,21)22/h5-10,12-13,23H,11H2,1-4H3,(H,24,26). The van der Waals surface area contributed by atoms with Crippen LogP contribution < -0.4 is 15.4 Å². The SMILES string of the molecule is CNC1=CC(C(C)NC(=O)c2ccc(OCC(F)(F)F)cc2)=CC(C)N1C. The molecule has 0 fully saturated rings. The maximum absolute atomic E-state index is 12.4. The third-order valence-electron chi connectivity index (χ3n) is 4.35. The minimum atomic E-state index is -4.40. The van der Waals surface area contributed by atoms with E-state index < -0.39 is 12.8 Å². The van der Waals surface area contributed by atoms with Crippen molar-refractivity contribution in [2.75, 3.05) is 20.7 Å². The zero-order valence-corrected chi connectivity index (χ0v) is 15.7. The third kappa shape index (κ3) is 5.67. The van der Waals surface area contributed by atoms with Crippen LogP contribution in [0.4, 0.5) is 13.2 Å². The predicted octanol–water partition coefficient (Wildman–Crippen LogP) is 3.07. The van der Waals surface area contributed by atoms with Crippen molar-refractivity contribution in [2.45, 2.75) is 32.1 Å². The van der Waals surface area contributed by atoms with Gasteiger partial charge in [0.15, 0.2) is 6.61 Å². The van der Waals surface area contributed by atoms with E-state index in [0.29, 0.717) is 5.56 Å². The quantitative estimate of drug-likeness (QED) is 0.793. The van der Waals surface area contributed by atoms with Gasteiger partial charge in [-0.25, -0.2) is 0 Å². The van der Waals surface area contributed by atoms with Crippen molar-refractivity contribution in [1.82, 2.24) is 15.5 Å². The van der Waals surface area contributed by atoms with Gasteiger partial charge in [0.25, 0.3) is 5.91 Å². The lowest BCUT2D eigenvalue weighted by atomic mass is 10.0. The van der Waals surface area contributed by atoms with Crippen molar-refractivity contribution in [3.63, 3.8) is 0 Å². The first-order valence-corrected chi connectivity index (χ1v) is 8.55. The minimum absolute atomic E-state index is 0.0605. The number of benzene rings is 1. The summed E-state index contributed by atoms with van der Waals surface area (Å²) in [6.07, 6.45) is -0.358. The zero-order valence-electron chi connectivity index (χ0n) is 15.7. The summed E-state index contributed by atoms with van der Waals surface area (Å²) in [6, 6.07) is 5.53. The average molecular weight is 383 g/mol. The van der Waals surface area contributed by atoms with Gasteiger partial charge >= 0.3 is 6.18 Å². The highest BCUT2D eigenvalue weighted by Gasteiger charge is 2.28. The molecule has 0 aliphatic carbocycles. The minimum Gasteiger partial charge on any atom is -0.484 e. The van der Waals surface area contributed by atoms with Crippen LogP contribution in [0.25, 0.3) is 0 Å². The highest BCUT2D eigenvalue weighted by molar-refractivity contribution is 5.94. The Labute approximate surface area is 156 Å². The summed E-state index contributed by atoms with van der Waals surface area (Å²) in [7, 11) is 3.82. The molecule has 8 heteroatoms. The summed E-state index contributed by atoms with van der Waals surface area (Å²) in [5.74, 6) is 0.703. The first-order valence-electron chi connectivity index (χ1n) is 8.55. The van der Waals surface area contributed by atoms with E-state index in [1.165, 1.54) is 24.3 Å². The van der Waals surface area contributed by atoms with Crippen LogP contribution in [0.3, 0.4) is 0 Å². The molecule has 2 unspecified atom stereocenters. The Morgan fingerprint density at radius 2 is 1.93 bits per heavy atom. The predicted molar refractivity (Wildman–Crippen MR) is 97.4 cm³/mol. The molecule has 0 radical (unpaired) electrons. The molecule has 148 valence electrons. The Morgan fingerprint density at radius 1 is 1.30 bits per heavy atom. The molecule has 0 saturated heterocycles. The van der Waals surface area contributed by atoms with Crippen molar-refractivity contribution in [2.24, 2.45) is 0 Å². The highest BCUT2D eigenvalue weighted by Crippen LogP contribution is 2.21. The van der Waals surface area contributed by atoms with Gasteiger partial charge in [-0.15, -0.1) is 0 Å². The summed E-state index contributed by atoms with van der Waals surface area (Å²) in [5, 5.41) is 6.02. The molecule has 5 nitrogen and oxygen atoms in total. The van der Waals surface area contributed by atoms with Crippen LogP contribution in [-0.2, 0) is 0 Å². The van der Waals surface area contributed by atoms with E-state index in [-0.39, 0.29) is 23.7 Å². The highest BCUT2D eigenvalue weighted by atomic mass is 19.4. The van der Waals surface area contributed by atoms with Crippen LogP contribution in [0.5, 0.6) is 5.75 Å². The lowest BCUT2D eigenvalue weighted by molar-refractivity contribution is -0.153. The van der Waals surface area contributed by atoms with Gasteiger partial charge in [-0.05, 0) is 49.8 Å². The molecule has 2 rings (SSSR count). The van der Waals surface area contributed by atoms with E-state index in [4.69, 9.17) is 0 Å². The summed E-state index contributed by atoms with van der Waals surface area (Å²) in [5.41, 5.74) is 1.32. The van der Waals surface area contributed by atoms with Crippen LogP contribution in [0.2, 0.25) is 0 Å². The molecule has 1 aliphatic rings. The largest absolute Gasteiger partial charge is 0.484 e. The van der Waals surface area contributed by atoms with Gasteiger partial charge in [0.1, 0.15) is 11.6 Å². The molecule has 27 heavy (non-hydrogen) atoms. The van der Waals surface area contributed by atoms with Crippen molar-refractivity contribution in [3.05, 3.63) is 53.4 Å². The van der Waals surface area contributed by atoms with Crippen LogP contribution in [0.1, 0.15) is 24.2 Å². The molecule has 1 amide bonds. The van der Waals surface area contributed by atoms with E-state index in [1.54, 1.807) is 0 Å². The smallest absolute Gasteiger partial charge is 0.422 e. The fourth-order valence-electron chi connectivity index (χ4n) is 2.67. The van der Waals surface area contributed by atoms with Gasteiger partial charge in [0.2, 0.25) is 0 Å². The fraction of sp³-hybridized carbons (Fsp3) is 0.421. The van der Waals surface area contributed by atoms with Crippen molar-refractivity contribution in [3.8, 4) is 5.75 Å². The summed E-state index contributed by atoms with van der Waals surface area (Å²) >= 11 is 0. The number of nitrogens with zero attached hydrogens (tertiary/aromatic N) is 1. The first-order chi connectivity index (χ1) is 12.6. The molecular formula is C19H24F3N3O2. The second-order valence-corrected chi connectivity index (χ2v) is 6.42. The molecule has 0 aromatic heterocycles. The molecular weight excluding hydrogens is 359 g/mol. The van der Waals surface area contributed by atoms with Gasteiger partial charge < -0.3 is 20.3 Å². The van der Waals surface area contributed by atoms with E-state index >= 15 is 0 Å². The van der Waals surface area contributed by atoms with Gasteiger partial charge in [0.05, 0.1) is 6.04 Å². The molecule has 1 aromatic rings. The number of carbonyl (C=O) groups is 1. The Hall–Kier alpha value is -2.64. The first kappa shape index (κ1) is 20.7. The van der Waals surface area contributed by atoms with Gasteiger partial charge in [-0.2, -0.15) is 13.2 Å². The third-order valence-corrected chi connectivity index (χ3v) is 4.35. The number of alkyl halides is 3. The summed E-state index contributed by atoms with van der Waals surface area (Å²) in [4.78, 5) is 14.5. The Bertz CT molecular complexity index is 727. The Kier molecular flexibility index (Phi) is 6.41. The monoisotopic (exact) mass is 383 g/mol. The van der Waals surface area contributed by atoms with Crippen LogP contribution in [0.15, 0.2) is 47.8 Å². The van der Waals surface area contributed by atoms with Gasteiger partial charge in [0, 0.05) is 25.7 Å².